The highest BCUT2D eigenvalue weighted by Crippen LogP contribution is 2.10. The third kappa shape index (κ3) is 5.37. The minimum absolute atomic E-state index is 0.0878. The van der Waals surface area contributed by atoms with Gasteiger partial charge in [0.15, 0.2) is 0 Å². The summed E-state index contributed by atoms with van der Waals surface area (Å²) in [5.74, 6) is -1.44. The van der Waals surface area contributed by atoms with Crippen LogP contribution in [0.4, 0.5) is 0 Å². The van der Waals surface area contributed by atoms with Gasteiger partial charge < -0.3 is 15.3 Å². The Morgan fingerprint density at radius 2 is 1.54 bits per heavy atom. The molecule has 0 bridgehead atoms. The summed E-state index contributed by atoms with van der Waals surface area (Å²) in [5.41, 5.74) is 0.841. The highest BCUT2D eigenvalue weighted by Gasteiger charge is 2.22. The summed E-state index contributed by atoms with van der Waals surface area (Å²) in [6, 6.07) is 5.34. The number of nitrogens with one attached hydrogen (secondary N) is 1. The minimum Gasteiger partial charge on any atom is -0.480 e. The molecule has 6 nitrogen and oxygen atoms in total. The summed E-state index contributed by atoms with van der Waals surface area (Å²) in [6.45, 7) is 8.85. The molecule has 0 radical (unpaired) electrons. The quantitative estimate of drug-likeness (QED) is 0.764. The van der Waals surface area contributed by atoms with Gasteiger partial charge in [-0.3, -0.25) is 9.59 Å². The van der Waals surface area contributed by atoms with Crippen molar-refractivity contribution in [3.63, 3.8) is 0 Å². The number of carboxylic acids is 1. The zero-order valence-corrected chi connectivity index (χ0v) is 14.7. The monoisotopic (exact) mass is 334 g/mol. The second kappa shape index (κ2) is 9.05. The maximum atomic E-state index is 12.2. The molecule has 24 heavy (non-hydrogen) atoms. The Morgan fingerprint density at radius 3 is 1.96 bits per heavy atom. The van der Waals surface area contributed by atoms with Crippen LogP contribution >= 0.6 is 0 Å². The summed E-state index contributed by atoms with van der Waals surface area (Å²) in [4.78, 5) is 37.3. The van der Waals surface area contributed by atoms with Crippen molar-refractivity contribution in [1.29, 1.82) is 0 Å². The zero-order valence-electron chi connectivity index (χ0n) is 14.7. The van der Waals surface area contributed by atoms with E-state index in [1.165, 1.54) is 0 Å². The van der Waals surface area contributed by atoms with E-state index < -0.39 is 17.9 Å². The molecule has 2 amide bonds. The lowest BCUT2D eigenvalue weighted by molar-refractivity contribution is -0.139. The van der Waals surface area contributed by atoms with E-state index in [0.717, 1.165) is 0 Å². The third-order valence-corrected chi connectivity index (χ3v) is 3.76. The van der Waals surface area contributed by atoms with Crippen LogP contribution in [0.3, 0.4) is 0 Å². The molecule has 1 rings (SSSR count). The largest absolute Gasteiger partial charge is 0.480 e. The molecular weight excluding hydrogens is 308 g/mol. The third-order valence-electron chi connectivity index (χ3n) is 3.76. The van der Waals surface area contributed by atoms with Crippen LogP contribution in [-0.2, 0) is 4.79 Å². The highest BCUT2D eigenvalue weighted by molar-refractivity contribution is 5.99. The fraction of sp³-hybridized carbons (Fsp3) is 0.500. The van der Waals surface area contributed by atoms with Crippen LogP contribution in [0.15, 0.2) is 24.3 Å². The van der Waals surface area contributed by atoms with Gasteiger partial charge in [-0.05, 0) is 50.5 Å². The van der Waals surface area contributed by atoms with E-state index in [1.807, 2.05) is 27.7 Å². The van der Waals surface area contributed by atoms with Crippen molar-refractivity contribution in [1.82, 2.24) is 10.2 Å². The number of rotatable bonds is 8. The van der Waals surface area contributed by atoms with Gasteiger partial charge in [0.05, 0.1) is 0 Å². The van der Waals surface area contributed by atoms with E-state index in [4.69, 9.17) is 0 Å². The van der Waals surface area contributed by atoms with Crippen LogP contribution in [0.25, 0.3) is 0 Å². The van der Waals surface area contributed by atoms with Gasteiger partial charge in [-0.1, -0.05) is 13.8 Å². The van der Waals surface area contributed by atoms with E-state index in [-0.39, 0.29) is 11.8 Å². The SMILES string of the molecule is CCN(CC)C(=O)c1ccc(C(=O)N[C@H](CC(C)C)C(=O)O)cc1. The maximum Gasteiger partial charge on any atom is 0.326 e. The number of carbonyl (C=O) groups is 3. The highest BCUT2D eigenvalue weighted by atomic mass is 16.4. The molecule has 0 aliphatic carbocycles. The molecule has 0 unspecified atom stereocenters. The molecule has 0 fully saturated rings. The molecule has 2 N–H and O–H groups in total. The van der Waals surface area contributed by atoms with Crippen LogP contribution in [0.1, 0.15) is 54.8 Å². The number of hydrogen-bond acceptors (Lipinski definition) is 3. The van der Waals surface area contributed by atoms with Crippen molar-refractivity contribution >= 4 is 17.8 Å². The molecule has 0 aromatic heterocycles. The number of nitrogens with zero attached hydrogens (tertiary/aromatic N) is 1. The van der Waals surface area contributed by atoms with E-state index in [9.17, 15) is 19.5 Å². The number of carboxylic acid groups (broad SMARTS) is 1. The van der Waals surface area contributed by atoms with Crippen LogP contribution < -0.4 is 5.32 Å². The lowest BCUT2D eigenvalue weighted by Crippen LogP contribution is -2.41. The Kier molecular flexibility index (Phi) is 7.42. The normalized spacial score (nSPS) is 11.9. The topological polar surface area (TPSA) is 86.7 Å². The van der Waals surface area contributed by atoms with E-state index in [1.54, 1.807) is 29.2 Å². The Labute approximate surface area is 142 Å². The van der Waals surface area contributed by atoms with Crippen molar-refractivity contribution in [3.8, 4) is 0 Å². The van der Waals surface area contributed by atoms with Gasteiger partial charge >= 0.3 is 5.97 Å². The molecule has 1 aromatic rings. The molecule has 0 heterocycles. The first kappa shape index (κ1) is 19.7. The Bertz CT molecular complexity index is 577. The molecule has 0 spiro atoms. The Hall–Kier alpha value is -2.37. The predicted molar refractivity (Wildman–Crippen MR) is 92.0 cm³/mol. The second-order valence-corrected chi connectivity index (χ2v) is 6.05. The molecule has 1 aromatic carbocycles. The first-order valence-electron chi connectivity index (χ1n) is 8.23. The average Bonchev–Trinajstić information content (AvgIpc) is 2.54. The second-order valence-electron chi connectivity index (χ2n) is 6.05. The number of aliphatic carboxylic acids is 1. The summed E-state index contributed by atoms with van der Waals surface area (Å²) >= 11 is 0. The zero-order chi connectivity index (χ0) is 18.3. The smallest absolute Gasteiger partial charge is 0.326 e. The van der Waals surface area contributed by atoms with E-state index in [2.05, 4.69) is 5.32 Å². The molecule has 0 aliphatic heterocycles. The van der Waals surface area contributed by atoms with Crippen LogP contribution in [0, 0.1) is 5.92 Å². The first-order valence-corrected chi connectivity index (χ1v) is 8.23. The summed E-state index contributed by atoms with van der Waals surface area (Å²) in [7, 11) is 0. The molecular formula is C18H26N2O4. The van der Waals surface area contributed by atoms with Gasteiger partial charge in [-0.25, -0.2) is 4.79 Å². The van der Waals surface area contributed by atoms with Gasteiger partial charge in [0.25, 0.3) is 11.8 Å². The number of benzene rings is 1. The predicted octanol–water partition coefficient (Wildman–Crippen LogP) is 2.40. The molecule has 132 valence electrons. The van der Waals surface area contributed by atoms with Gasteiger partial charge in [0.2, 0.25) is 0 Å². The summed E-state index contributed by atoms with van der Waals surface area (Å²) < 4.78 is 0. The Morgan fingerprint density at radius 1 is 1.04 bits per heavy atom. The van der Waals surface area contributed by atoms with Crippen molar-refractivity contribution in [2.75, 3.05) is 13.1 Å². The van der Waals surface area contributed by atoms with E-state index in [0.29, 0.717) is 30.6 Å². The fourth-order valence-corrected chi connectivity index (χ4v) is 2.39. The van der Waals surface area contributed by atoms with E-state index >= 15 is 0 Å². The van der Waals surface area contributed by atoms with Crippen molar-refractivity contribution in [2.45, 2.75) is 40.2 Å². The lowest BCUT2D eigenvalue weighted by Gasteiger charge is -2.19. The van der Waals surface area contributed by atoms with Crippen LogP contribution in [0.5, 0.6) is 0 Å². The van der Waals surface area contributed by atoms with Crippen molar-refractivity contribution < 1.29 is 19.5 Å². The molecule has 0 saturated heterocycles. The number of carbonyl (C=O) groups excluding carboxylic acids is 2. The van der Waals surface area contributed by atoms with Crippen LogP contribution in [0.2, 0.25) is 0 Å². The van der Waals surface area contributed by atoms with Gasteiger partial charge in [0, 0.05) is 24.2 Å². The van der Waals surface area contributed by atoms with Crippen LogP contribution in [-0.4, -0.2) is 46.9 Å². The summed E-state index contributed by atoms with van der Waals surface area (Å²) in [6.07, 6.45) is 0.361. The standard InChI is InChI=1S/C18H26N2O4/c1-5-20(6-2)17(22)14-9-7-13(8-10-14)16(21)19-15(18(23)24)11-12(3)4/h7-10,12,15H,5-6,11H2,1-4H3,(H,19,21)(H,23,24)/t15-/m1/s1. The molecule has 0 saturated carbocycles. The maximum absolute atomic E-state index is 12.2. The van der Waals surface area contributed by atoms with Gasteiger partial charge in [-0.15, -0.1) is 0 Å². The number of amides is 2. The molecule has 1 atom stereocenters. The lowest BCUT2D eigenvalue weighted by atomic mass is 10.0. The van der Waals surface area contributed by atoms with Gasteiger partial charge in [0.1, 0.15) is 6.04 Å². The average molecular weight is 334 g/mol. The van der Waals surface area contributed by atoms with Gasteiger partial charge in [-0.2, -0.15) is 0 Å². The Balaban J connectivity index is 2.82. The minimum atomic E-state index is -1.05. The van der Waals surface area contributed by atoms with Crippen molar-refractivity contribution in [2.24, 2.45) is 5.92 Å². The fourth-order valence-electron chi connectivity index (χ4n) is 2.39. The number of hydrogen-bond donors (Lipinski definition) is 2. The molecule has 0 aliphatic rings. The van der Waals surface area contributed by atoms with Crippen molar-refractivity contribution in [3.05, 3.63) is 35.4 Å². The first-order chi connectivity index (χ1) is 11.3. The summed E-state index contributed by atoms with van der Waals surface area (Å²) in [5, 5.41) is 11.7. The molecule has 6 heteroatoms.